The van der Waals surface area contributed by atoms with Crippen LogP contribution in [0.4, 0.5) is 10.5 Å². The van der Waals surface area contributed by atoms with E-state index in [-0.39, 0.29) is 25.0 Å². The second kappa shape index (κ2) is 14.0. The molecule has 3 aromatic carbocycles. The van der Waals surface area contributed by atoms with E-state index in [2.05, 4.69) is 16.4 Å². The molecule has 1 aromatic heterocycles. The highest BCUT2D eigenvalue weighted by molar-refractivity contribution is 5.92. The zero-order valence-corrected chi connectivity index (χ0v) is 23.2. The van der Waals surface area contributed by atoms with Crippen LogP contribution in [0.15, 0.2) is 79.0 Å². The van der Waals surface area contributed by atoms with Crippen molar-refractivity contribution in [3.8, 4) is 11.5 Å². The number of ether oxygens (including phenoxy) is 3. The second-order valence-electron chi connectivity index (χ2n) is 9.31. The Balaban J connectivity index is 1.52. The number of hydrogen-bond donors (Lipinski definition) is 2. The molecule has 0 unspecified atom stereocenters. The van der Waals surface area contributed by atoms with Crippen molar-refractivity contribution in [2.45, 2.75) is 13.0 Å². The van der Waals surface area contributed by atoms with Gasteiger partial charge in [0.25, 0.3) is 0 Å². The molecule has 4 rings (SSSR count). The zero-order chi connectivity index (χ0) is 28.3. The molecular weight excluding hydrogens is 508 g/mol. The smallest absolute Gasteiger partial charge is 0.322 e. The van der Waals surface area contributed by atoms with Gasteiger partial charge in [0.1, 0.15) is 18.0 Å². The lowest BCUT2D eigenvalue weighted by Gasteiger charge is -2.28. The number of carbonyl (C=O) groups excluding carboxylic acids is 2. The van der Waals surface area contributed by atoms with Crippen molar-refractivity contribution in [1.82, 2.24) is 14.8 Å². The first kappa shape index (κ1) is 28.5. The summed E-state index contributed by atoms with van der Waals surface area (Å²) in [6.07, 6.45) is 2.64. The van der Waals surface area contributed by atoms with E-state index in [4.69, 9.17) is 14.2 Å². The highest BCUT2D eigenvalue weighted by atomic mass is 16.5. The van der Waals surface area contributed by atoms with Crippen LogP contribution in [-0.2, 0) is 22.5 Å². The molecule has 0 bridgehead atoms. The first-order chi connectivity index (χ1) is 19.5. The van der Waals surface area contributed by atoms with Crippen molar-refractivity contribution >= 4 is 28.5 Å². The van der Waals surface area contributed by atoms with E-state index in [1.807, 2.05) is 48.7 Å². The Kier molecular flexibility index (Phi) is 10.0. The lowest BCUT2D eigenvalue weighted by Crippen LogP contribution is -2.46. The Morgan fingerprint density at radius 1 is 0.825 bits per heavy atom. The molecule has 0 saturated carbocycles. The van der Waals surface area contributed by atoms with Crippen LogP contribution in [0.25, 0.3) is 10.9 Å². The Bertz CT molecular complexity index is 1400. The molecule has 0 aliphatic rings. The van der Waals surface area contributed by atoms with Crippen LogP contribution in [0.5, 0.6) is 11.5 Å². The number of aromatic nitrogens is 1. The minimum absolute atomic E-state index is 0.103. The average Bonchev–Trinajstić information content (AvgIpc) is 3.40. The van der Waals surface area contributed by atoms with Gasteiger partial charge in [-0.05, 0) is 48.4 Å². The number of methoxy groups -OCH3 is 3. The Morgan fingerprint density at radius 3 is 2.33 bits per heavy atom. The maximum absolute atomic E-state index is 13.8. The summed E-state index contributed by atoms with van der Waals surface area (Å²) in [6.45, 7) is 1.27. The largest absolute Gasteiger partial charge is 0.497 e. The molecule has 0 aliphatic heterocycles. The number of amides is 3. The minimum atomic E-state index is -0.385. The Morgan fingerprint density at radius 2 is 1.57 bits per heavy atom. The summed E-state index contributed by atoms with van der Waals surface area (Å²) >= 11 is 0. The molecule has 3 amide bonds. The summed E-state index contributed by atoms with van der Waals surface area (Å²) in [5.74, 6) is 1.22. The van der Waals surface area contributed by atoms with E-state index in [0.717, 1.165) is 22.0 Å². The standard InChI is InChI=1S/C31H36N4O5/c1-38-19-18-35(31(37)33-25-12-14-26(39-2)15-13-25)22-30(36)34(21-24-8-4-7-11-29(24)40-3)17-16-23-20-32-28-10-6-5-9-27(23)28/h4-15,20,32H,16-19,21-22H2,1-3H3,(H,33,37). The van der Waals surface area contributed by atoms with Crippen LogP contribution >= 0.6 is 0 Å². The van der Waals surface area contributed by atoms with Gasteiger partial charge in [0, 0.05) is 55.1 Å². The molecule has 4 aromatic rings. The molecule has 9 heteroatoms. The number of para-hydroxylation sites is 2. The average molecular weight is 545 g/mol. The molecule has 0 atom stereocenters. The lowest BCUT2D eigenvalue weighted by atomic mass is 10.1. The van der Waals surface area contributed by atoms with Crippen molar-refractivity contribution in [2.75, 3.05) is 52.9 Å². The highest BCUT2D eigenvalue weighted by Gasteiger charge is 2.23. The number of aromatic amines is 1. The van der Waals surface area contributed by atoms with E-state index in [1.54, 1.807) is 50.5 Å². The van der Waals surface area contributed by atoms with Gasteiger partial charge in [-0.25, -0.2) is 4.79 Å². The van der Waals surface area contributed by atoms with Crippen molar-refractivity contribution in [3.63, 3.8) is 0 Å². The van der Waals surface area contributed by atoms with Gasteiger partial charge in [-0.2, -0.15) is 0 Å². The van der Waals surface area contributed by atoms with Gasteiger partial charge in [-0.3, -0.25) is 4.79 Å². The number of nitrogens with one attached hydrogen (secondary N) is 2. The molecule has 9 nitrogen and oxygen atoms in total. The molecule has 0 fully saturated rings. The molecule has 0 aliphatic carbocycles. The fraction of sp³-hybridized carbons (Fsp3) is 0.290. The van der Waals surface area contributed by atoms with E-state index in [9.17, 15) is 9.59 Å². The SMILES string of the molecule is COCCN(CC(=O)N(CCc1c[nH]c2ccccc12)Cc1ccccc1OC)C(=O)Nc1ccc(OC)cc1. The van der Waals surface area contributed by atoms with Crippen LogP contribution in [0, 0.1) is 0 Å². The van der Waals surface area contributed by atoms with Crippen molar-refractivity contribution in [2.24, 2.45) is 0 Å². The predicted molar refractivity (Wildman–Crippen MR) is 156 cm³/mol. The summed E-state index contributed by atoms with van der Waals surface area (Å²) in [5.41, 5.74) is 3.68. The monoisotopic (exact) mass is 544 g/mol. The van der Waals surface area contributed by atoms with E-state index in [1.165, 1.54) is 4.90 Å². The number of fused-ring (bicyclic) bond motifs is 1. The van der Waals surface area contributed by atoms with Crippen LogP contribution in [0.3, 0.4) is 0 Å². The fourth-order valence-corrected chi connectivity index (χ4v) is 4.52. The highest BCUT2D eigenvalue weighted by Crippen LogP contribution is 2.22. The number of rotatable bonds is 13. The summed E-state index contributed by atoms with van der Waals surface area (Å²) in [4.78, 5) is 33.5. The summed E-state index contributed by atoms with van der Waals surface area (Å²) < 4.78 is 16.0. The summed E-state index contributed by atoms with van der Waals surface area (Å²) in [7, 11) is 4.77. The molecule has 0 radical (unpaired) electrons. The third-order valence-electron chi connectivity index (χ3n) is 6.75. The number of carbonyl (C=O) groups is 2. The normalized spacial score (nSPS) is 10.8. The van der Waals surface area contributed by atoms with E-state index in [0.29, 0.717) is 43.3 Å². The first-order valence-electron chi connectivity index (χ1n) is 13.2. The molecule has 1 heterocycles. The minimum Gasteiger partial charge on any atom is -0.497 e. The number of urea groups is 1. The fourth-order valence-electron chi connectivity index (χ4n) is 4.52. The van der Waals surface area contributed by atoms with Crippen molar-refractivity contribution < 1.29 is 23.8 Å². The zero-order valence-electron chi connectivity index (χ0n) is 23.2. The lowest BCUT2D eigenvalue weighted by molar-refractivity contribution is -0.132. The Labute approximate surface area is 234 Å². The van der Waals surface area contributed by atoms with Crippen LogP contribution in [0.2, 0.25) is 0 Å². The summed E-state index contributed by atoms with van der Waals surface area (Å²) in [5, 5.41) is 4.00. The van der Waals surface area contributed by atoms with Gasteiger partial charge < -0.3 is 34.3 Å². The molecule has 40 heavy (non-hydrogen) atoms. The van der Waals surface area contributed by atoms with E-state index < -0.39 is 0 Å². The van der Waals surface area contributed by atoms with Crippen molar-refractivity contribution in [1.29, 1.82) is 0 Å². The quantitative estimate of drug-likeness (QED) is 0.249. The molecule has 2 N–H and O–H groups in total. The molecule has 210 valence electrons. The van der Waals surface area contributed by atoms with Gasteiger partial charge in [0.15, 0.2) is 0 Å². The second-order valence-corrected chi connectivity index (χ2v) is 9.31. The van der Waals surface area contributed by atoms with E-state index >= 15 is 0 Å². The Hall–Kier alpha value is -4.50. The first-order valence-corrected chi connectivity index (χ1v) is 13.2. The number of anilines is 1. The van der Waals surface area contributed by atoms with Gasteiger partial charge in [0.05, 0.1) is 20.8 Å². The topological polar surface area (TPSA) is 96.1 Å². The maximum atomic E-state index is 13.8. The number of H-pyrrole nitrogens is 1. The van der Waals surface area contributed by atoms with Crippen LogP contribution in [-0.4, -0.2) is 74.3 Å². The number of nitrogens with zero attached hydrogens (tertiary/aromatic N) is 2. The molecular formula is C31H36N4O5. The molecule has 0 spiro atoms. The van der Waals surface area contributed by atoms with Gasteiger partial charge in [-0.1, -0.05) is 36.4 Å². The third-order valence-corrected chi connectivity index (χ3v) is 6.75. The van der Waals surface area contributed by atoms with Gasteiger partial charge in [-0.15, -0.1) is 0 Å². The van der Waals surface area contributed by atoms with Gasteiger partial charge >= 0.3 is 6.03 Å². The summed E-state index contributed by atoms with van der Waals surface area (Å²) in [6, 6.07) is 22.4. The maximum Gasteiger partial charge on any atom is 0.322 e. The number of hydrogen-bond acceptors (Lipinski definition) is 5. The predicted octanol–water partition coefficient (Wildman–Crippen LogP) is 4.94. The van der Waals surface area contributed by atoms with Crippen molar-refractivity contribution in [3.05, 3.63) is 90.1 Å². The van der Waals surface area contributed by atoms with Crippen LogP contribution < -0.4 is 14.8 Å². The third kappa shape index (κ3) is 7.33. The van der Waals surface area contributed by atoms with Crippen LogP contribution in [0.1, 0.15) is 11.1 Å². The number of benzene rings is 3. The molecule has 0 saturated heterocycles. The van der Waals surface area contributed by atoms with Gasteiger partial charge in [0.2, 0.25) is 5.91 Å².